The first-order valence-corrected chi connectivity index (χ1v) is 6.20. The normalized spacial score (nSPS) is 16.7. The van der Waals surface area contributed by atoms with Crippen LogP contribution in [-0.4, -0.2) is 36.2 Å². The van der Waals surface area contributed by atoms with E-state index in [1.807, 2.05) is 6.92 Å². The van der Waals surface area contributed by atoms with E-state index in [1.54, 1.807) is 12.1 Å². The van der Waals surface area contributed by atoms with Crippen molar-refractivity contribution in [2.45, 2.75) is 13.0 Å². The standard InChI is InChI=1S/C14H19FN2O.2ClH/c1-3-12(17-8-6-16-7-9-17)13-10(2)4-5-11(15)14(13)18;;/h3-5,12,16,18H,1,6-9H2,2H3;2*1H/t12-;;/m0../s1. The molecule has 1 heterocycles. The second kappa shape index (κ2) is 8.47. The number of hydrogen-bond acceptors (Lipinski definition) is 3. The molecule has 114 valence electrons. The van der Waals surface area contributed by atoms with Crippen LogP contribution in [0.15, 0.2) is 24.8 Å². The Hall–Kier alpha value is -0.810. The van der Waals surface area contributed by atoms with Crippen LogP contribution in [-0.2, 0) is 0 Å². The molecule has 0 aromatic heterocycles. The predicted molar refractivity (Wildman–Crippen MR) is 84.7 cm³/mol. The number of piperazine rings is 1. The number of rotatable bonds is 3. The number of phenolic OH excluding ortho intramolecular Hbond substituents is 1. The van der Waals surface area contributed by atoms with Crippen molar-refractivity contribution in [2.24, 2.45) is 0 Å². The molecule has 0 unspecified atom stereocenters. The van der Waals surface area contributed by atoms with Gasteiger partial charge >= 0.3 is 0 Å². The zero-order valence-corrected chi connectivity index (χ0v) is 13.1. The molecule has 1 aromatic carbocycles. The molecule has 1 fully saturated rings. The summed E-state index contributed by atoms with van der Waals surface area (Å²) in [4.78, 5) is 2.20. The number of phenols is 1. The van der Waals surface area contributed by atoms with Crippen molar-refractivity contribution in [1.29, 1.82) is 0 Å². The summed E-state index contributed by atoms with van der Waals surface area (Å²) in [5, 5.41) is 13.2. The van der Waals surface area contributed by atoms with Gasteiger partial charge in [-0.15, -0.1) is 31.4 Å². The Kier molecular flexibility index (Phi) is 8.13. The third-order valence-corrected chi connectivity index (χ3v) is 3.45. The molecule has 0 amide bonds. The minimum absolute atomic E-state index is 0. The number of nitrogens with one attached hydrogen (secondary N) is 1. The van der Waals surface area contributed by atoms with Gasteiger partial charge in [0.05, 0.1) is 6.04 Å². The Morgan fingerprint density at radius 1 is 1.35 bits per heavy atom. The van der Waals surface area contributed by atoms with Crippen molar-refractivity contribution < 1.29 is 9.50 Å². The molecular formula is C14H21Cl2FN2O. The molecule has 1 saturated heterocycles. The average Bonchev–Trinajstić information content (AvgIpc) is 2.40. The van der Waals surface area contributed by atoms with Gasteiger partial charge < -0.3 is 10.4 Å². The molecule has 0 aliphatic carbocycles. The lowest BCUT2D eigenvalue weighted by molar-refractivity contribution is 0.199. The molecule has 0 spiro atoms. The molecule has 1 aliphatic rings. The quantitative estimate of drug-likeness (QED) is 0.840. The molecule has 6 heteroatoms. The topological polar surface area (TPSA) is 35.5 Å². The van der Waals surface area contributed by atoms with Gasteiger partial charge in [0.1, 0.15) is 0 Å². The zero-order valence-electron chi connectivity index (χ0n) is 11.4. The highest BCUT2D eigenvalue weighted by atomic mass is 35.5. The SMILES string of the molecule is C=C[C@@H](c1c(C)ccc(F)c1O)N1CCNCC1.Cl.Cl. The van der Waals surface area contributed by atoms with Crippen LogP contribution in [0.4, 0.5) is 4.39 Å². The molecule has 1 aliphatic heterocycles. The summed E-state index contributed by atoms with van der Waals surface area (Å²) < 4.78 is 13.5. The second-order valence-corrected chi connectivity index (χ2v) is 4.59. The monoisotopic (exact) mass is 322 g/mol. The third kappa shape index (κ3) is 3.85. The fraction of sp³-hybridized carbons (Fsp3) is 0.429. The Morgan fingerprint density at radius 3 is 2.50 bits per heavy atom. The fourth-order valence-corrected chi connectivity index (χ4v) is 2.47. The summed E-state index contributed by atoms with van der Waals surface area (Å²) in [6.45, 7) is 9.25. The first-order chi connectivity index (χ1) is 8.65. The molecule has 1 atom stereocenters. The highest BCUT2D eigenvalue weighted by Gasteiger charge is 2.24. The first-order valence-electron chi connectivity index (χ1n) is 6.20. The number of aromatic hydroxyl groups is 1. The lowest BCUT2D eigenvalue weighted by Crippen LogP contribution is -2.44. The van der Waals surface area contributed by atoms with E-state index in [1.165, 1.54) is 6.07 Å². The molecule has 1 aromatic rings. The van der Waals surface area contributed by atoms with E-state index in [0.29, 0.717) is 5.56 Å². The molecule has 0 radical (unpaired) electrons. The number of nitrogens with zero attached hydrogens (tertiary/aromatic N) is 1. The summed E-state index contributed by atoms with van der Waals surface area (Å²) in [5.74, 6) is -0.823. The van der Waals surface area contributed by atoms with E-state index in [2.05, 4.69) is 16.8 Å². The summed E-state index contributed by atoms with van der Waals surface area (Å²) in [6.07, 6.45) is 1.77. The van der Waals surface area contributed by atoms with Crippen LogP contribution in [0.3, 0.4) is 0 Å². The molecule has 0 bridgehead atoms. The second-order valence-electron chi connectivity index (χ2n) is 4.59. The van der Waals surface area contributed by atoms with Gasteiger partial charge in [0.15, 0.2) is 11.6 Å². The van der Waals surface area contributed by atoms with Crippen LogP contribution in [0.1, 0.15) is 17.2 Å². The van der Waals surface area contributed by atoms with Crippen molar-refractivity contribution in [3.8, 4) is 5.75 Å². The van der Waals surface area contributed by atoms with Gasteiger partial charge in [-0.1, -0.05) is 12.1 Å². The Morgan fingerprint density at radius 2 is 1.95 bits per heavy atom. The highest BCUT2D eigenvalue weighted by Crippen LogP contribution is 2.34. The summed E-state index contributed by atoms with van der Waals surface area (Å²) in [6, 6.07) is 2.86. The number of halogens is 3. The van der Waals surface area contributed by atoms with Gasteiger partial charge in [-0.2, -0.15) is 0 Å². The van der Waals surface area contributed by atoms with Gasteiger partial charge in [-0.25, -0.2) is 4.39 Å². The molecule has 20 heavy (non-hydrogen) atoms. The van der Waals surface area contributed by atoms with Gasteiger partial charge in [0.25, 0.3) is 0 Å². The average molecular weight is 323 g/mol. The zero-order chi connectivity index (χ0) is 13.1. The van der Waals surface area contributed by atoms with Crippen molar-refractivity contribution in [1.82, 2.24) is 10.2 Å². The molecule has 3 nitrogen and oxygen atoms in total. The van der Waals surface area contributed by atoms with E-state index in [0.717, 1.165) is 31.7 Å². The molecule has 2 N–H and O–H groups in total. The molecular weight excluding hydrogens is 302 g/mol. The van der Waals surface area contributed by atoms with E-state index in [9.17, 15) is 9.50 Å². The minimum Gasteiger partial charge on any atom is -0.505 e. The Bertz CT molecular complexity index is 451. The number of aryl methyl sites for hydroxylation is 1. The maximum Gasteiger partial charge on any atom is 0.165 e. The smallest absolute Gasteiger partial charge is 0.165 e. The van der Waals surface area contributed by atoms with Gasteiger partial charge in [0.2, 0.25) is 0 Å². The van der Waals surface area contributed by atoms with Gasteiger partial charge in [0, 0.05) is 31.7 Å². The van der Waals surface area contributed by atoms with Crippen molar-refractivity contribution in [3.05, 3.63) is 41.7 Å². The number of hydrogen-bond donors (Lipinski definition) is 2. The maximum atomic E-state index is 13.5. The first kappa shape index (κ1) is 19.2. The predicted octanol–water partition coefficient (Wildman–Crippen LogP) is 2.82. The highest BCUT2D eigenvalue weighted by molar-refractivity contribution is 5.85. The third-order valence-electron chi connectivity index (χ3n) is 3.45. The van der Waals surface area contributed by atoms with E-state index in [4.69, 9.17) is 0 Å². The van der Waals surface area contributed by atoms with Gasteiger partial charge in [-0.05, 0) is 18.6 Å². The Balaban J connectivity index is 0.00000180. The fourth-order valence-electron chi connectivity index (χ4n) is 2.47. The van der Waals surface area contributed by atoms with Crippen LogP contribution in [0.2, 0.25) is 0 Å². The van der Waals surface area contributed by atoms with Gasteiger partial charge in [-0.3, -0.25) is 4.90 Å². The molecule has 2 rings (SSSR count). The van der Waals surface area contributed by atoms with Crippen LogP contribution >= 0.6 is 24.8 Å². The van der Waals surface area contributed by atoms with Crippen molar-refractivity contribution >= 4 is 24.8 Å². The largest absolute Gasteiger partial charge is 0.505 e. The van der Waals surface area contributed by atoms with Crippen molar-refractivity contribution in [2.75, 3.05) is 26.2 Å². The lowest BCUT2D eigenvalue weighted by Gasteiger charge is -2.34. The van der Waals surface area contributed by atoms with E-state index < -0.39 is 5.82 Å². The number of benzene rings is 1. The summed E-state index contributed by atoms with van der Waals surface area (Å²) >= 11 is 0. The maximum absolute atomic E-state index is 13.5. The minimum atomic E-state index is -0.572. The van der Waals surface area contributed by atoms with E-state index in [-0.39, 0.29) is 36.6 Å². The van der Waals surface area contributed by atoms with Crippen LogP contribution < -0.4 is 5.32 Å². The van der Waals surface area contributed by atoms with Crippen LogP contribution in [0.25, 0.3) is 0 Å². The molecule has 0 saturated carbocycles. The van der Waals surface area contributed by atoms with Crippen LogP contribution in [0, 0.1) is 12.7 Å². The van der Waals surface area contributed by atoms with E-state index >= 15 is 0 Å². The summed E-state index contributed by atoms with van der Waals surface area (Å²) in [7, 11) is 0. The lowest BCUT2D eigenvalue weighted by atomic mass is 9.98. The van der Waals surface area contributed by atoms with Crippen molar-refractivity contribution in [3.63, 3.8) is 0 Å². The summed E-state index contributed by atoms with van der Waals surface area (Å²) in [5.41, 5.74) is 1.52. The Labute approximate surface area is 131 Å². The van der Waals surface area contributed by atoms with Crippen LogP contribution in [0.5, 0.6) is 5.75 Å².